The van der Waals surface area contributed by atoms with E-state index in [0.29, 0.717) is 35.8 Å². The topological polar surface area (TPSA) is 65.1 Å². The monoisotopic (exact) mass is 580 g/mol. The predicted octanol–water partition coefficient (Wildman–Crippen LogP) is 4.81. The maximum absolute atomic E-state index is 13.6. The molecule has 0 aromatic heterocycles. The smallest absolute Gasteiger partial charge is 0.242 e. The number of hydrogen-bond donors (Lipinski definition) is 1. The lowest BCUT2D eigenvalue weighted by Gasteiger charge is -2.51. The molecule has 0 bridgehead atoms. The molecule has 0 saturated carbocycles. The minimum atomic E-state index is -0.436. The lowest BCUT2D eigenvalue weighted by Crippen LogP contribution is -2.66. The minimum Gasteiger partial charge on any atom is -0.381 e. The molecule has 9 heteroatoms. The number of carbonyl (C=O) groups is 2. The molecule has 2 atom stereocenters. The van der Waals surface area contributed by atoms with Gasteiger partial charge in [-0.05, 0) is 88.7 Å². The van der Waals surface area contributed by atoms with Gasteiger partial charge >= 0.3 is 0 Å². The van der Waals surface area contributed by atoms with Crippen LogP contribution < -0.4 is 5.32 Å². The van der Waals surface area contributed by atoms with Crippen LogP contribution in [0.5, 0.6) is 0 Å². The molecular weight excluding hydrogens is 535 g/mol. The summed E-state index contributed by atoms with van der Waals surface area (Å²) in [5, 5.41) is 4.55. The molecule has 3 saturated heterocycles. The number of benzene rings is 1. The van der Waals surface area contributed by atoms with Crippen molar-refractivity contribution in [3.05, 3.63) is 33.8 Å². The Labute approximate surface area is 244 Å². The fourth-order valence-electron chi connectivity index (χ4n) is 6.94. The fraction of sp³-hybridized carbons (Fsp3) is 0.733. The second-order valence-corrected chi connectivity index (χ2v) is 12.7. The number of nitrogens with zero attached hydrogens (tertiary/aromatic N) is 3. The van der Waals surface area contributed by atoms with Crippen LogP contribution in [0.1, 0.15) is 69.3 Å². The second kappa shape index (κ2) is 14.0. The lowest BCUT2D eigenvalue weighted by molar-refractivity contribution is -0.148. The molecule has 0 spiro atoms. The van der Waals surface area contributed by atoms with Crippen LogP contribution >= 0.6 is 23.2 Å². The van der Waals surface area contributed by atoms with Crippen LogP contribution in [-0.4, -0.2) is 98.6 Å². The summed E-state index contributed by atoms with van der Waals surface area (Å²) in [7, 11) is 5.70. The summed E-state index contributed by atoms with van der Waals surface area (Å²) >= 11 is 12.7. The Balaban J connectivity index is 1.53. The Kier molecular flexibility index (Phi) is 11.0. The van der Waals surface area contributed by atoms with Gasteiger partial charge in [-0.25, -0.2) is 0 Å². The van der Waals surface area contributed by atoms with E-state index in [2.05, 4.69) is 10.2 Å². The van der Waals surface area contributed by atoms with E-state index in [1.807, 2.05) is 44.2 Å². The molecule has 3 heterocycles. The molecule has 1 aromatic rings. The number of ether oxygens (including phenoxy) is 1. The van der Waals surface area contributed by atoms with E-state index in [1.165, 1.54) is 6.42 Å². The zero-order chi connectivity index (χ0) is 28.0. The van der Waals surface area contributed by atoms with E-state index < -0.39 is 5.54 Å². The van der Waals surface area contributed by atoms with Crippen LogP contribution in [0.3, 0.4) is 0 Å². The molecule has 3 aliphatic heterocycles. The van der Waals surface area contributed by atoms with Crippen LogP contribution in [0.2, 0.25) is 10.0 Å². The standard InChI is InChI=1S/C30H46Cl2N4O3/c1-34(2)29(38)30(13-15-33-16-14-30)36-17-5-4-6-25(36)9-7-24(23-8-10-26(31)27(32)20-23)21-35(3)28(37)22-11-18-39-19-12-22/h8,10,20,22,24-25,33H,4-7,9,11-19,21H2,1-3H3. The summed E-state index contributed by atoms with van der Waals surface area (Å²) in [6, 6.07) is 6.21. The molecule has 0 radical (unpaired) electrons. The van der Waals surface area contributed by atoms with E-state index >= 15 is 0 Å². The van der Waals surface area contributed by atoms with Crippen molar-refractivity contribution in [1.29, 1.82) is 0 Å². The van der Waals surface area contributed by atoms with Gasteiger partial charge in [0.2, 0.25) is 11.8 Å². The quantitative estimate of drug-likeness (QED) is 0.454. The first kappa shape index (κ1) is 30.6. The highest BCUT2D eigenvalue weighted by Crippen LogP contribution is 2.38. The lowest BCUT2D eigenvalue weighted by atomic mass is 9.80. The number of amides is 2. The number of likely N-dealkylation sites (N-methyl/N-ethyl adjacent to an activating group) is 2. The normalized spacial score (nSPS) is 23.3. The highest BCUT2D eigenvalue weighted by Gasteiger charge is 2.48. The number of carbonyl (C=O) groups excluding carboxylic acids is 2. The third-order valence-electron chi connectivity index (χ3n) is 9.12. The summed E-state index contributed by atoms with van der Waals surface area (Å²) in [4.78, 5) is 33.2. The largest absolute Gasteiger partial charge is 0.381 e. The first-order valence-electron chi connectivity index (χ1n) is 14.7. The number of rotatable bonds is 9. The second-order valence-electron chi connectivity index (χ2n) is 11.9. The van der Waals surface area contributed by atoms with Crippen molar-refractivity contribution in [3.63, 3.8) is 0 Å². The summed E-state index contributed by atoms with van der Waals surface area (Å²) in [6.45, 7) is 4.64. The van der Waals surface area contributed by atoms with Crippen LogP contribution in [0.25, 0.3) is 0 Å². The Morgan fingerprint density at radius 1 is 1.08 bits per heavy atom. The molecule has 0 aliphatic carbocycles. The van der Waals surface area contributed by atoms with Crippen molar-refractivity contribution < 1.29 is 14.3 Å². The average Bonchev–Trinajstić information content (AvgIpc) is 2.96. The van der Waals surface area contributed by atoms with E-state index in [0.717, 1.165) is 76.6 Å². The van der Waals surface area contributed by atoms with Gasteiger partial charge in [0.1, 0.15) is 5.54 Å². The van der Waals surface area contributed by atoms with Gasteiger partial charge in [0.15, 0.2) is 0 Å². The fourth-order valence-corrected chi connectivity index (χ4v) is 7.25. The number of likely N-dealkylation sites (tertiary alicyclic amines) is 1. The van der Waals surface area contributed by atoms with Crippen molar-refractivity contribution in [2.45, 2.75) is 75.3 Å². The highest BCUT2D eigenvalue weighted by molar-refractivity contribution is 6.42. The minimum absolute atomic E-state index is 0.0313. The van der Waals surface area contributed by atoms with Gasteiger partial charge in [-0.2, -0.15) is 0 Å². The molecule has 39 heavy (non-hydrogen) atoms. The first-order valence-corrected chi connectivity index (χ1v) is 15.5. The highest BCUT2D eigenvalue weighted by atomic mass is 35.5. The SMILES string of the molecule is CN(C)C(=O)C1(N2CCCCC2CCC(CN(C)C(=O)C2CCOCC2)c2ccc(Cl)c(Cl)c2)CCNCC1. The third-order valence-corrected chi connectivity index (χ3v) is 9.86. The zero-order valence-electron chi connectivity index (χ0n) is 23.9. The van der Waals surface area contributed by atoms with Crippen LogP contribution in [0.4, 0.5) is 0 Å². The summed E-state index contributed by atoms with van der Waals surface area (Å²) < 4.78 is 5.48. The van der Waals surface area contributed by atoms with Crippen LogP contribution in [0.15, 0.2) is 18.2 Å². The average molecular weight is 582 g/mol. The summed E-state index contributed by atoms with van der Waals surface area (Å²) in [5.41, 5.74) is 0.675. The van der Waals surface area contributed by atoms with Crippen molar-refractivity contribution in [2.75, 3.05) is 60.5 Å². The molecule has 2 unspecified atom stereocenters. The maximum Gasteiger partial charge on any atom is 0.242 e. The predicted molar refractivity (Wildman–Crippen MR) is 157 cm³/mol. The van der Waals surface area contributed by atoms with E-state index in [-0.39, 0.29) is 23.7 Å². The molecular formula is C30H46Cl2N4O3. The number of piperidine rings is 2. The van der Waals surface area contributed by atoms with E-state index in [9.17, 15) is 9.59 Å². The van der Waals surface area contributed by atoms with Gasteiger partial charge < -0.3 is 19.9 Å². The molecule has 1 N–H and O–H groups in total. The van der Waals surface area contributed by atoms with Crippen molar-refractivity contribution in [1.82, 2.24) is 20.0 Å². The zero-order valence-corrected chi connectivity index (χ0v) is 25.4. The maximum atomic E-state index is 13.6. The Morgan fingerprint density at radius 3 is 2.46 bits per heavy atom. The molecule has 3 aliphatic rings. The molecule has 218 valence electrons. The van der Waals surface area contributed by atoms with Gasteiger partial charge in [-0.1, -0.05) is 35.7 Å². The number of nitrogens with one attached hydrogen (secondary N) is 1. The molecule has 4 rings (SSSR count). The van der Waals surface area contributed by atoms with Gasteiger partial charge in [0.25, 0.3) is 0 Å². The first-order chi connectivity index (χ1) is 18.7. The third kappa shape index (κ3) is 7.28. The molecule has 7 nitrogen and oxygen atoms in total. The van der Waals surface area contributed by atoms with E-state index in [1.54, 1.807) is 4.90 Å². The Morgan fingerprint density at radius 2 is 1.79 bits per heavy atom. The Bertz CT molecular complexity index is 979. The Hall–Kier alpha value is -1.38. The van der Waals surface area contributed by atoms with Crippen LogP contribution in [-0.2, 0) is 14.3 Å². The summed E-state index contributed by atoms with van der Waals surface area (Å²) in [5.74, 6) is 0.598. The summed E-state index contributed by atoms with van der Waals surface area (Å²) in [6.07, 6.45) is 8.56. The number of hydrogen-bond acceptors (Lipinski definition) is 5. The molecule has 3 fully saturated rings. The van der Waals surface area contributed by atoms with Gasteiger partial charge in [0, 0.05) is 58.8 Å². The van der Waals surface area contributed by atoms with Crippen molar-refractivity contribution in [2.24, 2.45) is 5.92 Å². The molecule has 1 aromatic carbocycles. The molecule has 2 amide bonds. The van der Waals surface area contributed by atoms with Gasteiger partial charge in [0.05, 0.1) is 10.0 Å². The van der Waals surface area contributed by atoms with Crippen molar-refractivity contribution in [3.8, 4) is 0 Å². The van der Waals surface area contributed by atoms with Gasteiger partial charge in [-0.3, -0.25) is 14.5 Å². The van der Waals surface area contributed by atoms with Gasteiger partial charge in [-0.15, -0.1) is 0 Å². The van der Waals surface area contributed by atoms with Crippen molar-refractivity contribution >= 4 is 35.0 Å². The van der Waals surface area contributed by atoms with Crippen LogP contribution in [0, 0.1) is 5.92 Å². The number of halogens is 2. The van der Waals surface area contributed by atoms with E-state index in [4.69, 9.17) is 27.9 Å².